The fourth-order valence-electron chi connectivity index (χ4n) is 1.54. The molecule has 0 spiro atoms. The van der Waals surface area contributed by atoms with Gasteiger partial charge in [-0.2, -0.15) is 8.42 Å². The number of carbonyl (C=O) groups excluding carboxylic acids is 2. The predicted molar refractivity (Wildman–Crippen MR) is 70.8 cm³/mol. The summed E-state index contributed by atoms with van der Waals surface area (Å²) in [5, 5.41) is -0.230. The van der Waals surface area contributed by atoms with Crippen LogP contribution in [0.3, 0.4) is 0 Å². The van der Waals surface area contributed by atoms with Gasteiger partial charge in [0.15, 0.2) is 0 Å². The molecule has 0 radical (unpaired) electrons. The summed E-state index contributed by atoms with van der Waals surface area (Å²) >= 11 is 17.2. The van der Waals surface area contributed by atoms with Crippen LogP contribution in [-0.2, 0) is 24.0 Å². The summed E-state index contributed by atoms with van der Waals surface area (Å²) in [5.74, 6) is -1.50. The van der Waals surface area contributed by atoms with Crippen LogP contribution in [0.5, 0.6) is 0 Å². The van der Waals surface area contributed by atoms with E-state index in [0.717, 1.165) is 12.1 Å². The fourth-order valence-corrected chi connectivity index (χ4v) is 3.96. The number of halogens is 3. The number of hydroxylamine groups is 2. The highest BCUT2D eigenvalue weighted by Crippen LogP contribution is 2.34. The van der Waals surface area contributed by atoms with Crippen molar-refractivity contribution in [1.29, 1.82) is 0 Å². The van der Waals surface area contributed by atoms with Crippen molar-refractivity contribution in [1.82, 2.24) is 5.06 Å². The lowest BCUT2D eigenvalue weighted by Gasteiger charge is -2.14. The minimum atomic E-state index is -4.53. The van der Waals surface area contributed by atoms with E-state index in [1.54, 1.807) is 0 Å². The van der Waals surface area contributed by atoms with E-state index in [0.29, 0.717) is 0 Å². The first kappa shape index (κ1) is 15.5. The van der Waals surface area contributed by atoms with Crippen molar-refractivity contribution in [3.8, 4) is 0 Å². The molecule has 0 atom stereocenters. The zero-order valence-electron chi connectivity index (χ0n) is 9.60. The molecule has 0 aromatic heterocycles. The van der Waals surface area contributed by atoms with Crippen LogP contribution >= 0.6 is 34.8 Å². The van der Waals surface area contributed by atoms with Crippen LogP contribution in [-0.4, -0.2) is 25.3 Å². The molecule has 6 nitrogen and oxygen atoms in total. The lowest BCUT2D eigenvalue weighted by molar-refractivity contribution is -0.163. The summed E-state index contributed by atoms with van der Waals surface area (Å²) in [4.78, 5) is 22.1. The molecule has 0 N–H and O–H groups in total. The molecule has 2 rings (SSSR count). The van der Waals surface area contributed by atoms with Gasteiger partial charge in [-0.1, -0.05) is 34.8 Å². The van der Waals surface area contributed by atoms with Gasteiger partial charge in [-0.05, 0) is 12.1 Å². The molecular formula is C10H6Cl3NO5S. The van der Waals surface area contributed by atoms with Crippen LogP contribution in [0.1, 0.15) is 12.8 Å². The van der Waals surface area contributed by atoms with Crippen molar-refractivity contribution in [2.24, 2.45) is 0 Å². The first-order chi connectivity index (χ1) is 9.22. The Morgan fingerprint density at radius 2 is 1.45 bits per heavy atom. The Hall–Kier alpha value is -0.860. The van der Waals surface area contributed by atoms with E-state index in [1.165, 1.54) is 0 Å². The van der Waals surface area contributed by atoms with E-state index in [-0.39, 0.29) is 33.0 Å². The molecule has 0 aliphatic carbocycles. The minimum Gasteiger partial charge on any atom is -0.272 e. The molecule has 1 saturated heterocycles. The second-order valence-electron chi connectivity index (χ2n) is 3.81. The Balaban J connectivity index is 2.41. The molecule has 0 unspecified atom stereocenters. The van der Waals surface area contributed by atoms with Gasteiger partial charge in [-0.25, -0.2) is 0 Å². The average molecular weight is 359 g/mol. The van der Waals surface area contributed by atoms with Gasteiger partial charge >= 0.3 is 10.1 Å². The van der Waals surface area contributed by atoms with E-state index >= 15 is 0 Å². The molecule has 2 amide bonds. The molecule has 1 aromatic carbocycles. The monoisotopic (exact) mass is 357 g/mol. The first-order valence-electron chi connectivity index (χ1n) is 5.17. The van der Waals surface area contributed by atoms with Gasteiger partial charge in [0.05, 0.1) is 10.0 Å². The third kappa shape index (κ3) is 2.91. The highest BCUT2D eigenvalue weighted by atomic mass is 35.5. The molecule has 20 heavy (non-hydrogen) atoms. The van der Waals surface area contributed by atoms with Crippen molar-refractivity contribution < 1.29 is 22.3 Å². The molecule has 1 aromatic rings. The highest BCUT2D eigenvalue weighted by molar-refractivity contribution is 7.87. The largest absolute Gasteiger partial charge is 0.321 e. The molecule has 0 saturated carbocycles. The smallest absolute Gasteiger partial charge is 0.272 e. The van der Waals surface area contributed by atoms with Gasteiger partial charge in [0.25, 0.3) is 11.8 Å². The molecule has 1 fully saturated rings. The number of benzene rings is 1. The van der Waals surface area contributed by atoms with Crippen molar-refractivity contribution in [3.05, 3.63) is 27.2 Å². The Morgan fingerprint density at radius 1 is 1.00 bits per heavy atom. The highest BCUT2D eigenvalue weighted by Gasteiger charge is 2.36. The Bertz CT molecular complexity index is 664. The van der Waals surface area contributed by atoms with Gasteiger partial charge in [-0.3, -0.25) is 9.59 Å². The maximum absolute atomic E-state index is 12.1. The quantitative estimate of drug-likeness (QED) is 0.775. The third-order valence-corrected chi connectivity index (χ3v) is 4.72. The summed E-state index contributed by atoms with van der Waals surface area (Å²) in [6.45, 7) is 0. The van der Waals surface area contributed by atoms with E-state index in [2.05, 4.69) is 4.28 Å². The Labute approximate surface area is 129 Å². The normalized spacial score (nSPS) is 16.1. The number of hydrogen-bond acceptors (Lipinski definition) is 5. The van der Waals surface area contributed by atoms with Crippen LogP contribution < -0.4 is 0 Å². The van der Waals surface area contributed by atoms with Crippen molar-refractivity contribution in [3.63, 3.8) is 0 Å². The van der Waals surface area contributed by atoms with E-state index < -0.39 is 26.8 Å². The molecule has 1 aliphatic heterocycles. The summed E-state index contributed by atoms with van der Waals surface area (Å²) in [6, 6.07) is 2.30. The SMILES string of the molecule is O=C1CCC(=O)N1OS(=O)(=O)c1c(Cl)cc(Cl)cc1Cl. The number of hydrogen-bond donors (Lipinski definition) is 0. The summed E-state index contributed by atoms with van der Waals surface area (Å²) in [6.07, 6.45) is -0.229. The van der Waals surface area contributed by atoms with Crippen molar-refractivity contribution in [2.45, 2.75) is 17.7 Å². The second-order valence-corrected chi connectivity index (χ2v) is 6.53. The molecular weight excluding hydrogens is 353 g/mol. The van der Waals surface area contributed by atoms with E-state index in [1.807, 2.05) is 0 Å². The van der Waals surface area contributed by atoms with Crippen LogP contribution in [0.2, 0.25) is 15.1 Å². The van der Waals surface area contributed by atoms with Gasteiger partial charge in [0.1, 0.15) is 4.90 Å². The second kappa shape index (κ2) is 5.50. The summed E-state index contributed by atoms with van der Waals surface area (Å²) < 4.78 is 28.6. The summed E-state index contributed by atoms with van der Waals surface area (Å²) in [5.41, 5.74) is 0. The molecule has 1 aliphatic rings. The Kier molecular flexibility index (Phi) is 4.27. The molecule has 108 valence electrons. The van der Waals surface area contributed by atoms with Crippen molar-refractivity contribution >= 4 is 56.7 Å². The van der Waals surface area contributed by atoms with Gasteiger partial charge in [-0.15, -0.1) is 9.35 Å². The van der Waals surface area contributed by atoms with Crippen LogP contribution in [0, 0.1) is 0 Å². The van der Waals surface area contributed by atoms with Crippen LogP contribution in [0.4, 0.5) is 0 Å². The number of nitrogens with zero attached hydrogens (tertiary/aromatic N) is 1. The number of imide groups is 1. The van der Waals surface area contributed by atoms with E-state index in [4.69, 9.17) is 34.8 Å². The number of amides is 2. The topological polar surface area (TPSA) is 80.8 Å². The maximum Gasteiger partial charge on any atom is 0.321 e. The standard InChI is InChI=1S/C10H6Cl3NO5S/c11-5-3-6(12)10(7(13)4-5)20(17,18)19-14-8(15)1-2-9(14)16/h3-4H,1-2H2. The maximum atomic E-state index is 12.1. The third-order valence-electron chi connectivity index (χ3n) is 2.39. The van der Waals surface area contributed by atoms with Crippen molar-refractivity contribution in [2.75, 3.05) is 0 Å². The molecule has 1 heterocycles. The first-order valence-corrected chi connectivity index (χ1v) is 7.71. The number of carbonyl (C=O) groups is 2. The van der Waals surface area contributed by atoms with Gasteiger partial charge in [0.2, 0.25) is 0 Å². The number of rotatable bonds is 3. The molecule has 10 heteroatoms. The zero-order chi connectivity index (χ0) is 15.1. The predicted octanol–water partition coefficient (Wildman–Crippen LogP) is 2.42. The van der Waals surface area contributed by atoms with Crippen LogP contribution in [0.15, 0.2) is 17.0 Å². The lowest BCUT2D eigenvalue weighted by atomic mass is 10.4. The van der Waals surface area contributed by atoms with Gasteiger partial charge < -0.3 is 0 Å². The fraction of sp³-hybridized carbons (Fsp3) is 0.200. The minimum absolute atomic E-state index is 0.115. The van der Waals surface area contributed by atoms with Gasteiger partial charge in [0, 0.05) is 17.9 Å². The average Bonchev–Trinajstić information content (AvgIpc) is 2.58. The summed E-state index contributed by atoms with van der Waals surface area (Å²) in [7, 11) is -4.53. The molecule has 0 bridgehead atoms. The van der Waals surface area contributed by atoms with Crippen LogP contribution in [0.25, 0.3) is 0 Å². The lowest BCUT2D eigenvalue weighted by Crippen LogP contribution is -2.32. The zero-order valence-corrected chi connectivity index (χ0v) is 12.7. The van der Waals surface area contributed by atoms with E-state index in [9.17, 15) is 18.0 Å². The Morgan fingerprint density at radius 3 is 1.90 bits per heavy atom.